The molecule has 2 saturated heterocycles. The Balaban J connectivity index is 0.000000202. The summed E-state index contributed by atoms with van der Waals surface area (Å²) in [6.45, 7) is -1.25. The highest BCUT2D eigenvalue weighted by Crippen LogP contribution is 2.39. The van der Waals surface area contributed by atoms with Gasteiger partial charge in [0.25, 0.3) is 0 Å². The maximum absolute atomic E-state index is 11.6. The van der Waals surface area contributed by atoms with Gasteiger partial charge in [-0.1, -0.05) is 0 Å². The highest BCUT2D eigenvalue weighted by molar-refractivity contribution is 7.46. The highest BCUT2D eigenvalue weighted by Gasteiger charge is 2.46. The molecule has 5 rings (SSSR count). The fourth-order valence-electron chi connectivity index (χ4n) is 4.21. The number of phosphoric acid groups is 2. The van der Waals surface area contributed by atoms with Gasteiger partial charge in [0, 0.05) is 6.20 Å². The van der Waals surface area contributed by atoms with Crippen LogP contribution in [0.25, 0.3) is 11.2 Å². The molecule has 2 aliphatic heterocycles. The summed E-state index contributed by atoms with van der Waals surface area (Å²) in [6, 6.07) is 1.29. The number of aliphatic hydroxyl groups is 4. The lowest BCUT2D eigenvalue weighted by Gasteiger charge is -2.16. The van der Waals surface area contributed by atoms with E-state index < -0.39 is 83.6 Å². The summed E-state index contributed by atoms with van der Waals surface area (Å²) >= 11 is 0. The predicted octanol–water partition coefficient (Wildman–Crippen LogP) is -4.31. The van der Waals surface area contributed by atoms with Crippen LogP contribution >= 0.6 is 15.6 Å². The van der Waals surface area contributed by atoms with Crippen LogP contribution in [-0.2, 0) is 27.7 Å². The summed E-state index contributed by atoms with van der Waals surface area (Å²) in [7, 11) is -9.46. The topological polar surface area (TPSA) is 363 Å². The quantitative estimate of drug-likeness (QED) is 0.101. The Hall–Kier alpha value is -2.99. The number of aromatic nitrogens is 6. The number of nitrogens with two attached hydrogens (primary N) is 2. The van der Waals surface area contributed by atoms with Crippen molar-refractivity contribution in [2.75, 3.05) is 24.7 Å². The van der Waals surface area contributed by atoms with E-state index in [1.165, 1.54) is 29.5 Å². The summed E-state index contributed by atoms with van der Waals surface area (Å²) in [5.74, 6) is 0.119. The number of hydrogen-bond acceptors (Lipinski definition) is 17. The average Bonchev–Trinajstić information content (AvgIpc) is 3.57. The highest BCUT2D eigenvalue weighted by atomic mass is 31.2. The molecule has 25 heteroatoms. The van der Waals surface area contributed by atoms with Crippen LogP contribution in [0.5, 0.6) is 0 Å². The predicted molar refractivity (Wildman–Crippen MR) is 140 cm³/mol. The molecule has 0 saturated carbocycles. The standard InChI is InChI=1S/C10H14N5O7P.C9H14N3O8P/c11-8-5-9(13-2-12-8)15(3-14-5)10-7(17)6(16)4(22-10)1-21-23(18,19)20;10-5-1-2-12(9(15)11-5)8-7(14)6(13)4(20-8)3-19-21(16,17)18/h2-4,6-7,10,16-17H,1H2,(H2,11,12,13)(H2,18,19,20);1-2,4,6-8,13-14H,3H2,(H2,10,11,15)(H2,16,17,18)/t4-,6+,7-,10-;4-,6+,7-,8-/m11/s1. The van der Waals surface area contributed by atoms with Gasteiger partial charge in [0.1, 0.15) is 54.3 Å². The van der Waals surface area contributed by atoms with E-state index in [1.54, 1.807) is 0 Å². The van der Waals surface area contributed by atoms with Crippen LogP contribution in [0, 0.1) is 0 Å². The number of phosphoric ester groups is 2. The molecule has 5 heterocycles. The first-order chi connectivity index (χ1) is 20.5. The molecular weight excluding hydrogens is 642 g/mol. The number of nitrogen functional groups attached to an aromatic ring is 2. The van der Waals surface area contributed by atoms with Crippen molar-refractivity contribution in [1.82, 2.24) is 29.1 Å². The van der Waals surface area contributed by atoms with Gasteiger partial charge >= 0.3 is 21.3 Å². The minimum atomic E-state index is -4.74. The van der Waals surface area contributed by atoms with Crippen molar-refractivity contribution in [3.8, 4) is 0 Å². The second-order valence-corrected chi connectivity index (χ2v) is 11.8. The minimum absolute atomic E-state index is 0.0225. The van der Waals surface area contributed by atoms with Crippen molar-refractivity contribution in [2.45, 2.75) is 49.1 Å². The van der Waals surface area contributed by atoms with Gasteiger partial charge in [0.05, 0.1) is 19.5 Å². The summed E-state index contributed by atoms with van der Waals surface area (Å²) in [5.41, 5.74) is 10.8. The molecule has 0 bridgehead atoms. The molecule has 0 spiro atoms. The van der Waals surface area contributed by atoms with Crippen molar-refractivity contribution < 1.29 is 67.7 Å². The Morgan fingerprint density at radius 1 is 0.818 bits per heavy atom. The van der Waals surface area contributed by atoms with Gasteiger partial charge in [-0.15, -0.1) is 0 Å². The van der Waals surface area contributed by atoms with Gasteiger partial charge in [-0.05, 0) is 6.07 Å². The Morgan fingerprint density at radius 2 is 1.34 bits per heavy atom. The molecular formula is C19H28N8O15P2. The molecule has 0 radical (unpaired) electrons. The van der Waals surface area contributed by atoms with Gasteiger partial charge < -0.3 is 60.9 Å². The molecule has 0 aromatic carbocycles. The lowest BCUT2D eigenvalue weighted by Crippen LogP contribution is -2.36. The zero-order chi connectivity index (χ0) is 32.6. The first kappa shape index (κ1) is 33.9. The first-order valence-corrected chi connectivity index (χ1v) is 15.2. The normalized spacial score (nSPS) is 29.1. The third-order valence-corrected chi connectivity index (χ3v) is 7.25. The van der Waals surface area contributed by atoms with E-state index >= 15 is 0 Å². The van der Waals surface area contributed by atoms with Crippen LogP contribution in [0.3, 0.4) is 0 Å². The van der Waals surface area contributed by atoms with Crippen molar-refractivity contribution in [1.29, 1.82) is 0 Å². The van der Waals surface area contributed by atoms with E-state index in [-0.39, 0.29) is 17.3 Å². The van der Waals surface area contributed by atoms with Gasteiger partial charge in [0.15, 0.2) is 23.9 Å². The Bertz CT molecular complexity index is 1610. The number of imidazole rings is 1. The molecule has 0 aliphatic carbocycles. The van der Waals surface area contributed by atoms with E-state index in [0.717, 1.165) is 4.57 Å². The molecule has 244 valence electrons. The largest absolute Gasteiger partial charge is 0.469 e. The first-order valence-electron chi connectivity index (χ1n) is 12.2. The molecule has 0 amide bonds. The fraction of sp³-hybridized carbons (Fsp3) is 0.526. The van der Waals surface area contributed by atoms with Crippen LogP contribution < -0.4 is 17.2 Å². The maximum Gasteiger partial charge on any atom is 0.469 e. The van der Waals surface area contributed by atoms with Crippen molar-refractivity contribution in [3.63, 3.8) is 0 Å². The zero-order valence-electron chi connectivity index (χ0n) is 22.0. The van der Waals surface area contributed by atoms with Gasteiger partial charge in [-0.3, -0.25) is 18.2 Å². The molecule has 8 atom stereocenters. The molecule has 2 aliphatic rings. The number of aliphatic hydroxyl groups excluding tert-OH is 4. The smallest absolute Gasteiger partial charge is 0.387 e. The lowest BCUT2D eigenvalue weighted by atomic mass is 10.1. The van der Waals surface area contributed by atoms with E-state index in [1.807, 2.05) is 0 Å². The van der Waals surface area contributed by atoms with Gasteiger partial charge in [-0.2, -0.15) is 4.98 Å². The maximum atomic E-state index is 11.6. The summed E-state index contributed by atoms with van der Waals surface area (Å²) in [4.78, 5) is 61.5. The summed E-state index contributed by atoms with van der Waals surface area (Å²) in [6.07, 6.45) is -6.76. The third-order valence-electron chi connectivity index (χ3n) is 6.28. The summed E-state index contributed by atoms with van der Waals surface area (Å²) < 4.78 is 42.7. The molecule has 2 fully saturated rings. The molecule has 12 N–H and O–H groups in total. The Morgan fingerprint density at radius 3 is 1.84 bits per heavy atom. The number of hydrogen-bond donors (Lipinski definition) is 10. The minimum Gasteiger partial charge on any atom is -0.387 e. The fourth-order valence-corrected chi connectivity index (χ4v) is 4.89. The lowest BCUT2D eigenvalue weighted by molar-refractivity contribution is -0.0542. The molecule has 44 heavy (non-hydrogen) atoms. The van der Waals surface area contributed by atoms with E-state index in [2.05, 4.69) is 29.0 Å². The van der Waals surface area contributed by atoms with E-state index in [4.69, 9.17) is 40.5 Å². The van der Waals surface area contributed by atoms with Gasteiger partial charge in [0.2, 0.25) is 0 Å². The van der Waals surface area contributed by atoms with Crippen LogP contribution in [0.4, 0.5) is 11.6 Å². The number of rotatable bonds is 8. The average molecular weight is 670 g/mol. The molecule has 0 unspecified atom stereocenters. The second kappa shape index (κ2) is 13.2. The number of ether oxygens (including phenoxy) is 2. The summed E-state index contributed by atoms with van der Waals surface area (Å²) in [5, 5.41) is 39.7. The van der Waals surface area contributed by atoms with Crippen LogP contribution in [0.1, 0.15) is 12.5 Å². The van der Waals surface area contributed by atoms with E-state index in [9.17, 15) is 34.4 Å². The van der Waals surface area contributed by atoms with Gasteiger partial charge in [-0.25, -0.2) is 28.9 Å². The Kier molecular flexibility index (Phi) is 10.1. The number of nitrogens with zero attached hydrogens (tertiary/aromatic N) is 6. The van der Waals surface area contributed by atoms with E-state index in [0.29, 0.717) is 5.52 Å². The van der Waals surface area contributed by atoms with Crippen LogP contribution in [-0.4, -0.2) is 119 Å². The van der Waals surface area contributed by atoms with Crippen molar-refractivity contribution in [2.24, 2.45) is 0 Å². The SMILES string of the molecule is Nc1ccn([C@@H]2O[C@H](COP(=O)(O)O)[C@H](O)[C@H]2O)c(=O)n1.Nc1ncnc2c1ncn2[C@@H]1O[C@H](COP(=O)(O)O)[C@H](O)[C@H]1O. The zero-order valence-corrected chi connectivity index (χ0v) is 23.8. The Labute approximate surface area is 244 Å². The molecule has 3 aromatic rings. The van der Waals surface area contributed by atoms with Crippen LogP contribution in [0.15, 0.2) is 29.7 Å². The van der Waals surface area contributed by atoms with Crippen molar-refractivity contribution >= 4 is 38.4 Å². The van der Waals surface area contributed by atoms with Crippen LogP contribution in [0.2, 0.25) is 0 Å². The van der Waals surface area contributed by atoms with Crippen molar-refractivity contribution in [3.05, 3.63) is 35.4 Å². The molecule has 23 nitrogen and oxygen atoms in total. The number of anilines is 2. The second-order valence-electron chi connectivity index (χ2n) is 9.29. The molecule has 3 aromatic heterocycles. The monoisotopic (exact) mass is 670 g/mol. The number of fused-ring (bicyclic) bond motifs is 1. The third kappa shape index (κ3) is 7.80.